The van der Waals surface area contributed by atoms with Gasteiger partial charge in [-0.2, -0.15) is 12.6 Å². The van der Waals surface area contributed by atoms with Gasteiger partial charge in [-0.3, -0.25) is 47.9 Å². The van der Waals surface area contributed by atoms with Gasteiger partial charge in [-0.1, -0.05) is 13.8 Å². The fourth-order valence-corrected chi connectivity index (χ4v) is 4.33. The van der Waals surface area contributed by atoms with Crippen molar-refractivity contribution in [2.45, 2.75) is 116 Å². The molecular weight excluding hydrogens is 710 g/mol. The number of nitrogens with two attached hydrogens (primary N) is 2. The molecule has 0 fully saturated rings. The van der Waals surface area contributed by atoms with Crippen LogP contribution in [0.15, 0.2) is 0 Å². The molecule has 0 aliphatic rings. The number of carboxylic acids is 2. The highest BCUT2D eigenvalue weighted by molar-refractivity contribution is 7.80. The molecule has 0 rings (SSSR count). The van der Waals surface area contributed by atoms with Crippen LogP contribution < -0.4 is 48.7 Å². The van der Waals surface area contributed by atoms with E-state index in [0.29, 0.717) is 0 Å². The van der Waals surface area contributed by atoms with Crippen molar-refractivity contribution in [1.29, 1.82) is 0 Å². The van der Waals surface area contributed by atoms with E-state index in [9.17, 15) is 47.9 Å². The molecule has 0 saturated carbocycles. The van der Waals surface area contributed by atoms with Crippen molar-refractivity contribution in [1.82, 2.24) is 37.2 Å². The van der Waals surface area contributed by atoms with Crippen molar-refractivity contribution < 1.29 is 58.2 Å². The maximum Gasteiger partial charge on any atom is 0.325 e. The molecule has 0 aliphatic heterocycles. The molecule has 52 heavy (non-hydrogen) atoms. The van der Waals surface area contributed by atoms with Crippen molar-refractivity contribution in [2.24, 2.45) is 17.4 Å². The van der Waals surface area contributed by atoms with E-state index >= 15 is 0 Å². The summed E-state index contributed by atoms with van der Waals surface area (Å²) in [6.07, 6.45) is -1.10. The topological polar surface area (TPSA) is 347 Å². The summed E-state index contributed by atoms with van der Waals surface area (Å²) in [5.41, 5.74) is 10.8. The molecule has 8 unspecified atom stereocenters. The lowest BCUT2D eigenvalue weighted by molar-refractivity contribution is -0.142. The summed E-state index contributed by atoms with van der Waals surface area (Å²) in [6.45, 7) is 8.30. The summed E-state index contributed by atoms with van der Waals surface area (Å²) in [5.74, 6) is -9.86. The third-order valence-corrected chi connectivity index (χ3v) is 7.73. The van der Waals surface area contributed by atoms with Crippen molar-refractivity contribution in [3.05, 3.63) is 0 Å². The van der Waals surface area contributed by atoms with Crippen LogP contribution in [0, 0.1) is 5.92 Å². The summed E-state index contributed by atoms with van der Waals surface area (Å²) < 4.78 is 0. The van der Waals surface area contributed by atoms with Gasteiger partial charge in [0, 0.05) is 18.6 Å². The van der Waals surface area contributed by atoms with E-state index < -0.39 is 120 Å². The molecule has 0 saturated heterocycles. The lowest BCUT2D eigenvalue weighted by atomic mass is 10.0. The number of carbonyl (C=O) groups is 10. The molecule has 8 amide bonds. The molecule has 22 heteroatoms. The highest BCUT2D eigenvalue weighted by atomic mass is 32.1. The van der Waals surface area contributed by atoms with Crippen LogP contribution in [0.25, 0.3) is 0 Å². The Morgan fingerprint density at radius 2 is 0.962 bits per heavy atom. The first-order chi connectivity index (χ1) is 24.0. The molecule has 0 radical (unpaired) electrons. The number of rotatable bonds is 23. The first-order valence-corrected chi connectivity index (χ1v) is 16.9. The van der Waals surface area contributed by atoms with Crippen molar-refractivity contribution in [2.75, 3.05) is 5.75 Å². The number of carboxylic acid groups (broad SMARTS) is 2. The first-order valence-electron chi connectivity index (χ1n) is 16.2. The lowest BCUT2D eigenvalue weighted by Crippen LogP contribution is -2.60. The van der Waals surface area contributed by atoms with Crippen LogP contribution in [-0.2, 0) is 47.9 Å². The molecule has 0 heterocycles. The molecule has 0 aromatic heterocycles. The van der Waals surface area contributed by atoms with E-state index in [-0.39, 0.29) is 25.0 Å². The van der Waals surface area contributed by atoms with E-state index in [1.165, 1.54) is 27.7 Å². The van der Waals surface area contributed by atoms with E-state index in [4.69, 9.17) is 21.7 Å². The number of amides is 8. The van der Waals surface area contributed by atoms with Gasteiger partial charge in [0.2, 0.25) is 47.3 Å². The minimum Gasteiger partial charge on any atom is -0.481 e. The van der Waals surface area contributed by atoms with Gasteiger partial charge in [0.25, 0.3) is 0 Å². The number of thiol groups is 1. The summed E-state index contributed by atoms with van der Waals surface area (Å²) in [6, 6.07) is -10.1. The smallest absolute Gasteiger partial charge is 0.325 e. The third kappa shape index (κ3) is 17.3. The zero-order chi connectivity index (χ0) is 40.5. The number of hydrogen-bond donors (Lipinski definition) is 12. The average molecular weight is 762 g/mol. The second-order valence-electron chi connectivity index (χ2n) is 12.3. The van der Waals surface area contributed by atoms with E-state index in [1.807, 2.05) is 0 Å². The lowest BCUT2D eigenvalue weighted by Gasteiger charge is -2.26. The number of hydrogen-bond acceptors (Lipinski definition) is 12. The molecule has 0 spiro atoms. The van der Waals surface area contributed by atoms with Crippen LogP contribution in [0.3, 0.4) is 0 Å². The van der Waals surface area contributed by atoms with Crippen LogP contribution in [-0.4, -0.2) is 123 Å². The predicted octanol–water partition coefficient (Wildman–Crippen LogP) is -4.41. The van der Waals surface area contributed by atoms with Gasteiger partial charge >= 0.3 is 11.9 Å². The summed E-state index contributed by atoms with van der Waals surface area (Å²) in [4.78, 5) is 122. The monoisotopic (exact) mass is 761 g/mol. The number of aliphatic carboxylic acids is 2. The zero-order valence-electron chi connectivity index (χ0n) is 29.8. The van der Waals surface area contributed by atoms with Gasteiger partial charge in [-0.25, -0.2) is 0 Å². The fourth-order valence-electron chi connectivity index (χ4n) is 4.08. The second-order valence-corrected chi connectivity index (χ2v) is 12.7. The van der Waals surface area contributed by atoms with Crippen LogP contribution in [0.4, 0.5) is 0 Å². The molecule has 21 nitrogen and oxygen atoms in total. The molecule has 0 aromatic carbocycles. The zero-order valence-corrected chi connectivity index (χ0v) is 30.7. The van der Waals surface area contributed by atoms with Crippen LogP contribution in [0.5, 0.6) is 0 Å². The largest absolute Gasteiger partial charge is 0.481 e. The Kier molecular flexibility index (Phi) is 20.6. The van der Waals surface area contributed by atoms with Gasteiger partial charge in [0.15, 0.2) is 0 Å². The van der Waals surface area contributed by atoms with Gasteiger partial charge in [-0.15, -0.1) is 0 Å². The normalized spacial score (nSPS) is 15.5. The molecular formula is C30H51N9O12S. The van der Waals surface area contributed by atoms with Gasteiger partial charge in [0.1, 0.15) is 42.3 Å². The molecule has 13 N–H and O–H groups in total. The Balaban J connectivity index is 5.36. The highest BCUT2D eigenvalue weighted by Crippen LogP contribution is 2.05. The molecule has 0 aliphatic carbocycles. The first kappa shape index (κ1) is 47.0. The van der Waals surface area contributed by atoms with Gasteiger partial charge in [0.05, 0.1) is 6.04 Å². The Bertz CT molecular complexity index is 1350. The maximum atomic E-state index is 13.1. The molecule has 0 bridgehead atoms. The van der Waals surface area contributed by atoms with E-state index in [2.05, 4.69) is 49.8 Å². The number of carbonyl (C=O) groups excluding carboxylic acids is 8. The van der Waals surface area contributed by atoms with Crippen molar-refractivity contribution in [3.63, 3.8) is 0 Å². The summed E-state index contributed by atoms with van der Waals surface area (Å²) in [7, 11) is 0. The predicted molar refractivity (Wildman–Crippen MR) is 186 cm³/mol. The Labute approximate surface area is 305 Å². The highest BCUT2D eigenvalue weighted by Gasteiger charge is 2.32. The number of primary amides is 1. The third-order valence-electron chi connectivity index (χ3n) is 7.37. The van der Waals surface area contributed by atoms with E-state index in [0.717, 1.165) is 0 Å². The molecule has 294 valence electrons. The summed E-state index contributed by atoms with van der Waals surface area (Å²) in [5, 5.41) is 34.5. The Morgan fingerprint density at radius 1 is 0.538 bits per heavy atom. The Morgan fingerprint density at radius 3 is 1.40 bits per heavy atom. The second kappa shape index (κ2) is 22.7. The van der Waals surface area contributed by atoms with Gasteiger partial charge < -0.3 is 58.9 Å². The quantitative estimate of drug-likeness (QED) is 0.0438. The van der Waals surface area contributed by atoms with Gasteiger partial charge in [-0.05, 0) is 46.5 Å². The number of nitrogens with one attached hydrogen (secondary N) is 7. The summed E-state index contributed by atoms with van der Waals surface area (Å²) >= 11 is 4.07. The SMILES string of the molecule is CC(NC(=O)C(CCC(=O)O)NC(=O)C(C)NC(=O)C(CS)NC(=O)C(C)NC(=O)C(NC(=O)C(C)NC(=O)C(N)CCC(N)=O)C(C)C)C(=O)O. The van der Waals surface area contributed by atoms with Crippen molar-refractivity contribution in [3.8, 4) is 0 Å². The molecule has 8 atom stereocenters. The maximum absolute atomic E-state index is 13.1. The van der Waals surface area contributed by atoms with E-state index in [1.54, 1.807) is 13.8 Å². The van der Waals surface area contributed by atoms with Crippen molar-refractivity contribution >= 4 is 71.8 Å². The van der Waals surface area contributed by atoms with Crippen LogP contribution in [0.2, 0.25) is 0 Å². The Hall–Kier alpha value is -4.99. The van der Waals surface area contributed by atoms with Crippen LogP contribution >= 0.6 is 12.6 Å². The van der Waals surface area contributed by atoms with Crippen LogP contribution in [0.1, 0.15) is 67.2 Å². The minimum absolute atomic E-state index is 0.0374. The fraction of sp³-hybridized carbons (Fsp3) is 0.667. The minimum atomic E-state index is -1.45. The standard InChI is InChI=1S/C30H51N9O12S/c1-12(2)22(39-25(45)15(5)33-26(46)17(31)7-9-20(32)40)29(49)35-14(4)24(44)38-19(11-52)28(48)34-13(3)23(43)37-18(8-10-21(41)42)27(47)36-16(6)30(50)51/h12-19,22,52H,7-11,31H2,1-6H3,(H2,32,40)(H,33,46)(H,34,48)(H,35,49)(H,36,47)(H,37,43)(H,38,44)(H,39,45)(H,41,42)(H,50,51). The average Bonchev–Trinajstić information content (AvgIpc) is 3.05. The molecule has 0 aromatic rings.